The van der Waals surface area contributed by atoms with E-state index in [2.05, 4.69) is 10.3 Å². The van der Waals surface area contributed by atoms with Crippen LogP contribution in [0.1, 0.15) is 21.5 Å². The van der Waals surface area contributed by atoms with Crippen LogP contribution in [0.4, 0.5) is 4.39 Å². The summed E-state index contributed by atoms with van der Waals surface area (Å²) in [4.78, 5) is 29.5. The zero-order chi connectivity index (χ0) is 22.3. The summed E-state index contributed by atoms with van der Waals surface area (Å²) in [5.41, 5.74) is 1.44. The van der Waals surface area contributed by atoms with E-state index in [9.17, 15) is 14.0 Å². The first kappa shape index (κ1) is 21.0. The van der Waals surface area contributed by atoms with Crippen molar-refractivity contribution in [2.45, 2.75) is 13.1 Å². The molecule has 0 saturated heterocycles. The number of ether oxygens (including phenoxy) is 1. The number of benzene rings is 2. The number of hydrogen-bond acceptors (Lipinski definition) is 4. The number of carbonyl (C=O) groups is 1. The first-order valence-corrected chi connectivity index (χ1v) is 9.98. The fourth-order valence-corrected chi connectivity index (χ4v) is 3.09. The number of rotatable bonds is 7. The molecule has 2 aromatic carbocycles. The number of amides is 1. The molecule has 7 heteroatoms. The summed E-state index contributed by atoms with van der Waals surface area (Å²) in [6.45, 7) is 0.593. The summed E-state index contributed by atoms with van der Waals surface area (Å²) in [5, 5.41) is 2.75. The highest BCUT2D eigenvalue weighted by Crippen LogP contribution is 2.19. The molecule has 1 amide bonds. The molecule has 4 aromatic rings. The Morgan fingerprint density at radius 3 is 2.44 bits per heavy atom. The van der Waals surface area contributed by atoms with Crippen molar-refractivity contribution in [3.05, 3.63) is 124 Å². The summed E-state index contributed by atoms with van der Waals surface area (Å²) in [7, 11) is 0. The highest BCUT2D eigenvalue weighted by molar-refractivity contribution is 5.93. The Kier molecular flexibility index (Phi) is 6.36. The Bertz CT molecular complexity index is 1250. The maximum atomic E-state index is 13.0. The minimum atomic E-state index is -0.455. The van der Waals surface area contributed by atoms with E-state index in [4.69, 9.17) is 4.74 Å². The van der Waals surface area contributed by atoms with Crippen LogP contribution in [0.25, 0.3) is 0 Å². The molecule has 0 spiro atoms. The molecule has 0 bridgehead atoms. The monoisotopic (exact) mass is 429 g/mol. The number of nitrogens with one attached hydrogen (secondary N) is 1. The molecule has 160 valence electrons. The molecule has 0 radical (unpaired) electrons. The Labute approximate surface area is 183 Å². The van der Waals surface area contributed by atoms with Gasteiger partial charge in [0, 0.05) is 25.0 Å². The van der Waals surface area contributed by atoms with E-state index in [1.807, 2.05) is 30.3 Å². The number of halogens is 1. The van der Waals surface area contributed by atoms with Crippen LogP contribution >= 0.6 is 0 Å². The predicted molar refractivity (Wildman–Crippen MR) is 118 cm³/mol. The van der Waals surface area contributed by atoms with Crippen molar-refractivity contribution >= 4 is 5.91 Å². The minimum Gasteiger partial charge on any atom is -0.439 e. The van der Waals surface area contributed by atoms with Gasteiger partial charge >= 0.3 is 0 Å². The maximum Gasteiger partial charge on any atom is 0.263 e. The van der Waals surface area contributed by atoms with Crippen molar-refractivity contribution in [3.63, 3.8) is 0 Å². The Morgan fingerprint density at radius 1 is 0.938 bits per heavy atom. The average molecular weight is 429 g/mol. The van der Waals surface area contributed by atoms with Gasteiger partial charge in [-0.05, 0) is 47.5 Å². The second-order valence-corrected chi connectivity index (χ2v) is 7.08. The molecule has 0 aliphatic rings. The molecule has 0 saturated carbocycles. The van der Waals surface area contributed by atoms with Crippen molar-refractivity contribution in [2.24, 2.45) is 0 Å². The standard InChI is InChI=1S/C25H20FN3O3/c26-20-9-11-21(12-10-20)32-23-13-8-19(15-27-23)16-28-24(30)22-7-4-14-29(25(22)31)17-18-5-2-1-3-6-18/h1-15H,16-17H2,(H,28,30). The Morgan fingerprint density at radius 2 is 1.72 bits per heavy atom. The van der Waals surface area contributed by atoms with E-state index in [1.165, 1.54) is 34.9 Å². The topological polar surface area (TPSA) is 73.2 Å². The molecule has 0 fully saturated rings. The smallest absolute Gasteiger partial charge is 0.263 e. The van der Waals surface area contributed by atoms with Gasteiger partial charge in [0.15, 0.2) is 0 Å². The van der Waals surface area contributed by atoms with Gasteiger partial charge in [-0.3, -0.25) is 9.59 Å². The molecule has 2 heterocycles. The van der Waals surface area contributed by atoms with Crippen LogP contribution in [0.15, 0.2) is 96.1 Å². The largest absolute Gasteiger partial charge is 0.439 e. The quantitative estimate of drug-likeness (QED) is 0.479. The molecule has 2 aromatic heterocycles. The summed E-state index contributed by atoms with van der Waals surface area (Å²) >= 11 is 0. The fourth-order valence-electron chi connectivity index (χ4n) is 3.09. The normalized spacial score (nSPS) is 10.5. The molecule has 1 N–H and O–H groups in total. The van der Waals surface area contributed by atoms with E-state index in [0.717, 1.165) is 11.1 Å². The number of hydrogen-bond donors (Lipinski definition) is 1. The van der Waals surface area contributed by atoms with Crippen molar-refractivity contribution in [3.8, 4) is 11.6 Å². The minimum absolute atomic E-state index is 0.0765. The van der Waals surface area contributed by atoms with Crippen LogP contribution in [-0.2, 0) is 13.1 Å². The second kappa shape index (κ2) is 9.70. The predicted octanol–water partition coefficient (Wildman–Crippen LogP) is 4.15. The van der Waals surface area contributed by atoms with Gasteiger partial charge in [-0.1, -0.05) is 36.4 Å². The fraction of sp³-hybridized carbons (Fsp3) is 0.0800. The van der Waals surface area contributed by atoms with Gasteiger partial charge in [0.1, 0.15) is 17.1 Å². The lowest BCUT2D eigenvalue weighted by Crippen LogP contribution is -2.32. The van der Waals surface area contributed by atoms with E-state index < -0.39 is 5.91 Å². The highest BCUT2D eigenvalue weighted by atomic mass is 19.1. The second-order valence-electron chi connectivity index (χ2n) is 7.08. The van der Waals surface area contributed by atoms with Gasteiger partial charge in [-0.25, -0.2) is 9.37 Å². The van der Waals surface area contributed by atoms with Crippen molar-refractivity contribution < 1.29 is 13.9 Å². The van der Waals surface area contributed by atoms with Gasteiger partial charge < -0.3 is 14.6 Å². The first-order valence-electron chi connectivity index (χ1n) is 9.98. The molecule has 4 rings (SSSR count). The Hall–Kier alpha value is -4.26. The van der Waals surface area contributed by atoms with E-state index in [-0.39, 0.29) is 23.5 Å². The lowest BCUT2D eigenvalue weighted by molar-refractivity contribution is 0.0948. The SMILES string of the molecule is O=C(NCc1ccc(Oc2ccc(F)cc2)nc1)c1cccn(Cc2ccccc2)c1=O. The molecule has 0 aliphatic carbocycles. The van der Waals surface area contributed by atoms with Gasteiger partial charge in [0.25, 0.3) is 11.5 Å². The molecule has 32 heavy (non-hydrogen) atoms. The van der Waals surface area contributed by atoms with E-state index >= 15 is 0 Å². The van der Waals surface area contributed by atoms with Gasteiger partial charge in [0.05, 0.1) is 6.54 Å². The molecule has 6 nitrogen and oxygen atoms in total. The molecule has 0 unspecified atom stereocenters. The van der Waals surface area contributed by atoms with Crippen LogP contribution in [0.5, 0.6) is 11.6 Å². The number of nitrogens with zero attached hydrogens (tertiary/aromatic N) is 2. The third kappa shape index (κ3) is 5.26. The van der Waals surface area contributed by atoms with Crippen LogP contribution in [0, 0.1) is 5.82 Å². The maximum absolute atomic E-state index is 13.0. The molecule has 0 atom stereocenters. The summed E-state index contributed by atoms with van der Waals surface area (Å²) in [5.74, 6) is 0.0139. The van der Waals surface area contributed by atoms with Gasteiger partial charge in [-0.15, -0.1) is 0 Å². The van der Waals surface area contributed by atoms with Crippen LogP contribution in [-0.4, -0.2) is 15.5 Å². The zero-order valence-corrected chi connectivity index (χ0v) is 17.1. The number of pyridine rings is 2. The van der Waals surface area contributed by atoms with Crippen molar-refractivity contribution in [1.82, 2.24) is 14.9 Å². The van der Waals surface area contributed by atoms with E-state index in [1.54, 1.807) is 30.6 Å². The zero-order valence-electron chi connectivity index (χ0n) is 17.1. The number of carbonyl (C=O) groups excluding carboxylic acids is 1. The van der Waals surface area contributed by atoms with Gasteiger partial charge in [0.2, 0.25) is 5.88 Å². The van der Waals surface area contributed by atoms with Crippen LogP contribution in [0.3, 0.4) is 0 Å². The first-order chi connectivity index (χ1) is 15.6. The number of aromatic nitrogens is 2. The molecule has 0 aliphatic heterocycles. The third-order valence-electron chi connectivity index (χ3n) is 4.75. The highest BCUT2D eigenvalue weighted by Gasteiger charge is 2.12. The van der Waals surface area contributed by atoms with Crippen molar-refractivity contribution in [1.29, 1.82) is 0 Å². The van der Waals surface area contributed by atoms with E-state index in [0.29, 0.717) is 18.2 Å². The van der Waals surface area contributed by atoms with Crippen LogP contribution in [0.2, 0.25) is 0 Å². The lowest BCUT2D eigenvalue weighted by Gasteiger charge is -2.09. The average Bonchev–Trinajstić information content (AvgIpc) is 2.82. The van der Waals surface area contributed by atoms with Crippen LogP contribution < -0.4 is 15.6 Å². The third-order valence-corrected chi connectivity index (χ3v) is 4.75. The lowest BCUT2D eigenvalue weighted by atomic mass is 10.2. The Balaban J connectivity index is 1.38. The summed E-state index contributed by atoms with van der Waals surface area (Å²) < 4.78 is 20.0. The summed E-state index contributed by atoms with van der Waals surface area (Å²) in [6, 6.07) is 21.8. The van der Waals surface area contributed by atoms with Crippen molar-refractivity contribution in [2.75, 3.05) is 0 Å². The molecular formula is C25H20FN3O3. The van der Waals surface area contributed by atoms with Gasteiger partial charge in [-0.2, -0.15) is 0 Å². The summed E-state index contributed by atoms with van der Waals surface area (Å²) in [6.07, 6.45) is 3.23. The molecular weight excluding hydrogens is 409 g/mol.